The van der Waals surface area contributed by atoms with Crippen LogP contribution in [0.15, 0.2) is 23.1 Å². The molecule has 0 aliphatic rings. The van der Waals surface area contributed by atoms with Crippen LogP contribution in [-0.4, -0.2) is 28.2 Å². The third-order valence-corrected chi connectivity index (χ3v) is 3.98. The van der Waals surface area contributed by atoms with Gasteiger partial charge < -0.3 is 10.5 Å². The Morgan fingerprint density at radius 1 is 1.42 bits per heavy atom. The average molecular weight is 290 g/mol. The zero-order chi connectivity index (χ0) is 14.3. The molecule has 1 aromatic rings. The average Bonchev–Trinajstić information content (AvgIpc) is 2.37. The third-order valence-electron chi connectivity index (χ3n) is 2.48. The summed E-state index contributed by atoms with van der Waals surface area (Å²) in [5.41, 5.74) is 5.91. The molecule has 1 rings (SSSR count). The van der Waals surface area contributed by atoms with Crippen molar-refractivity contribution in [2.45, 2.75) is 24.8 Å². The Labute approximate surface area is 113 Å². The number of nitrogens with one attached hydrogen (secondary N) is 1. The van der Waals surface area contributed by atoms with Crippen molar-refractivity contribution in [3.63, 3.8) is 0 Å². The second-order valence-electron chi connectivity index (χ2n) is 3.92. The molecule has 0 saturated heterocycles. The molecule has 0 heterocycles. The van der Waals surface area contributed by atoms with Crippen LogP contribution in [-0.2, 0) is 21.3 Å². The standard InChI is InChI=1S/C12H19FN2O3S/c1-2-18-7-3-6-15-19(16,17)12-5-4-10(9-14)8-11(12)13/h4-5,8,15H,2-3,6-7,9,14H2,1H3. The van der Waals surface area contributed by atoms with Gasteiger partial charge in [-0.2, -0.15) is 0 Å². The summed E-state index contributed by atoms with van der Waals surface area (Å²) in [7, 11) is -3.82. The Balaban J connectivity index is 2.67. The van der Waals surface area contributed by atoms with Crippen molar-refractivity contribution in [1.82, 2.24) is 4.72 Å². The van der Waals surface area contributed by atoms with Gasteiger partial charge in [-0.05, 0) is 31.0 Å². The van der Waals surface area contributed by atoms with Gasteiger partial charge in [0, 0.05) is 26.3 Å². The maximum absolute atomic E-state index is 13.7. The Morgan fingerprint density at radius 3 is 2.74 bits per heavy atom. The minimum atomic E-state index is -3.82. The first-order valence-corrected chi connectivity index (χ1v) is 7.55. The highest BCUT2D eigenvalue weighted by molar-refractivity contribution is 7.89. The maximum Gasteiger partial charge on any atom is 0.243 e. The van der Waals surface area contributed by atoms with E-state index in [0.29, 0.717) is 25.2 Å². The number of hydrogen-bond acceptors (Lipinski definition) is 4. The molecule has 0 radical (unpaired) electrons. The van der Waals surface area contributed by atoms with Crippen LogP contribution >= 0.6 is 0 Å². The van der Waals surface area contributed by atoms with Crippen LogP contribution < -0.4 is 10.5 Å². The summed E-state index contributed by atoms with van der Waals surface area (Å²) in [6.45, 7) is 3.29. The summed E-state index contributed by atoms with van der Waals surface area (Å²) >= 11 is 0. The van der Waals surface area contributed by atoms with Crippen LogP contribution in [0.4, 0.5) is 4.39 Å². The van der Waals surface area contributed by atoms with Crippen molar-refractivity contribution in [2.75, 3.05) is 19.8 Å². The SMILES string of the molecule is CCOCCCNS(=O)(=O)c1ccc(CN)cc1F. The van der Waals surface area contributed by atoms with E-state index in [9.17, 15) is 12.8 Å². The van der Waals surface area contributed by atoms with Crippen LogP contribution in [0.5, 0.6) is 0 Å². The van der Waals surface area contributed by atoms with Crippen molar-refractivity contribution in [3.8, 4) is 0 Å². The highest BCUT2D eigenvalue weighted by Crippen LogP contribution is 2.15. The van der Waals surface area contributed by atoms with Crippen LogP contribution in [0.25, 0.3) is 0 Å². The summed E-state index contributed by atoms with van der Waals surface area (Å²) in [4.78, 5) is -0.360. The van der Waals surface area contributed by atoms with Gasteiger partial charge in [0.05, 0.1) is 0 Å². The van der Waals surface area contributed by atoms with Crippen LogP contribution in [0.2, 0.25) is 0 Å². The molecule has 0 unspecified atom stereocenters. The molecule has 0 spiro atoms. The van der Waals surface area contributed by atoms with Crippen molar-refractivity contribution in [1.29, 1.82) is 0 Å². The van der Waals surface area contributed by atoms with E-state index < -0.39 is 15.8 Å². The number of nitrogens with two attached hydrogens (primary N) is 1. The first kappa shape index (κ1) is 16.0. The topological polar surface area (TPSA) is 81.4 Å². The summed E-state index contributed by atoms with van der Waals surface area (Å²) in [5, 5.41) is 0. The minimum Gasteiger partial charge on any atom is -0.382 e. The van der Waals surface area contributed by atoms with Gasteiger partial charge in [-0.3, -0.25) is 0 Å². The molecular formula is C12H19FN2O3S. The van der Waals surface area contributed by atoms with Gasteiger partial charge in [0.1, 0.15) is 10.7 Å². The van der Waals surface area contributed by atoms with E-state index in [1.165, 1.54) is 12.1 Å². The predicted octanol–water partition coefficient (Wildman–Crippen LogP) is 0.989. The van der Waals surface area contributed by atoms with E-state index in [1.807, 2.05) is 6.92 Å². The van der Waals surface area contributed by atoms with Gasteiger partial charge in [0.25, 0.3) is 0 Å². The van der Waals surface area contributed by atoms with Gasteiger partial charge in [0.15, 0.2) is 0 Å². The molecule has 19 heavy (non-hydrogen) atoms. The lowest BCUT2D eigenvalue weighted by atomic mass is 10.2. The normalized spacial score (nSPS) is 11.7. The van der Waals surface area contributed by atoms with Gasteiger partial charge in [-0.1, -0.05) is 6.07 Å². The molecule has 0 aliphatic carbocycles. The smallest absolute Gasteiger partial charge is 0.243 e. The van der Waals surface area contributed by atoms with E-state index >= 15 is 0 Å². The number of halogens is 1. The lowest BCUT2D eigenvalue weighted by molar-refractivity contribution is 0.146. The number of benzene rings is 1. The second-order valence-corrected chi connectivity index (χ2v) is 5.65. The maximum atomic E-state index is 13.7. The highest BCUT2D eigenvalue weighted by atomic mass is 32.2. The van der Waals surface area contributed by atoms with E-state index in [4.69, 9.17) is 10.5 Å². The third kappa shape index (κ3) is 4.87. The van der Waals surface area contributed by atoms with Gasteiger partial charge in [-0.15, -0.1) is 0 Å². The summed E-state index contributed by atoms with van der Waals surface area (Å²) in [6, 6.07) is 3.86. The van der Waals surface area contributed by atoms with Crippen molar-refractivity contribution >= 4 is 10.0 Å². The Bertz CT molecular complexity index is 506. The van der Waals surface area contributed by atoms with E-state index in [1.54, 1.807) is 0 Å². The van der Waals surface area contributed by atoms with E-state index in [2.05, 4.69) is 4.72 Å². The highest BCUT2D eigenvalue weighted by Gasteiger charge is 2.18. The minimum absolute atomic E-state index is 0.166. The monoisotopic (exact) mass is 290 g/mol. The molecule has 0 aromatic heterocycles. The Morgan fingerprint density at radius 2 is 2.16 bits per heavy atom. The molecular weight excluding hydrogens is 271 g/mol. The van der Waals surface area contributed by atoms with Gasteiger partial charge in [-0.25, -0.2) is 17.5 Å². The lowest BCUT2D eigenvalue weighted by Crippen LogP contribution is -2.26. The number of ether oxygens (including phenoxy) is 1. The van der Waals surface area contributed by atoms with Gasteiger partial charge >= 0.3 is 0 Å². The molecule has 1 aromatic carbocycles. The quantitative estimate of drug-likeness (QED) is 0.700. The van der Waals surface area contributed by atoms with Crippen molar-refractivity contribution in [3.05, 3.63) is 29.6 Å². The Kier molecular flexibility index (Phi) is 6.36. The fraction of sp³-hybridized carbons (Fsp3) is 0.500. The molecule has 0 aliphatic heterocycles. The first-order chi connectivity index (χ1) is 9.01. The summed E-state index contributed by atoms with van der Waals surface area (Å²) in [6.07, 6.45) is 0.537. The van der Waals surface area contributed by atoms with E-state index in [-0.39, 0.29) is 18.0 Å². The van der Waals surface area contributed by atoms with Crippen molar-refractivity contribution < 1.29 is 17.5 Å². The lowest BCUT2D eigenvalue weighted by Gasteiger charge is -2.08. The second kappa shape index (κ2) is 7.54. The fourth-order valence-corrected chi connectivity index (χ4v) is 2.62. The molecule has 0 atom stereocenters. The van der Waals surface area contributed by atoms with Crippen LogP contribution in [0.1, 0.15) is 18.9 Å². The molecule has 7 heteroatoms. The zero-order valence-electron chi connectivity index (χ0n) is 10.9. The molecule has 108 valence electrons. The first-order valence-electron chi connectivity index (χ1n) is 6.07. The number of sulfonamides is 1. The number of rotatable bonds is 8. The fourth-order valence-electron chi connectivity index (χ4n) is 1.49. The molecule has 3 N–H and O–H groups in total. The summed E-state index contributed by atoms with van der Waals surface area (Å²) in [5.74, 6) is -0.791. The van der Waals surface area contributed by atoms with Crippen LogP contribution in [0, 0.1) is 5.82 Å². The van der Waals surface area contributed by atoms with Gasteiger partial charge in [0.2, 0.25) is 10.0 Å². The molecule has 0 fully saturated rings. The molecule has 0 saturated carbocycles. The van der Waals surface area contributed by atoms with E-state index in [0.717, 1.165) is 6.07 Å². The molecule has 0 amide bonds. The zero-order valence-corrected chi connectivity index (χ0v) is 11.7. The van der Waals surface area contributed by atoms with Crippen molar-refractivity contribution in [2.24, 2.45) is 5.73 Å². The number of hydrogen-bond donors (Lipinski definition) is 2. The van der Waals surface area contributed by atoms with Crippen LogP contribution in [0.3, 0.4) is 0 Å². The predicted molar refractivity (Wildman–Crippen MR) is 70.6 cm³/mol. The summed E-state index contributed by atoms with van der Waals surface area (Å²) < 4.78 is 44.8. The molecule has 0 bridgehead atoms. The molecule has 5 nitrogen and oxygen atoms in total. The largest absolute Gasteiger partial charge is 0.382 e. The Hall–Kier alpha value is -1.02.